The Labute approximate surface area is 264 Å². The molecule has 1 atom stereocenters. The van der Waals surface area contributed by atoms with E-state index in [0.717, 1.165) is 50.2 Å². The van der Waals surface area contributed by atoms with Crippen LogP contribution in [-0.4, -0.2) is 57.4 Å². The zero-order chi connectivity index (χ0) is 31.3. The fourth-order valence-electron chi connectivity index (χ4n) is 6.57. The highest BCUT2D eigenvalue weighted by molar-refractivity contribution is 6.30. The normalized spacial score (nSPS) is 19.6. The molecule has 2 aromatic carbocycles. The first kappa shape index (κ1) is 29.7. The maximum Gasteiger partial charge on any atom is 0.337 e. The Kier molecular flexibility index (Phi) is 7.73. The molecule has 3 aliphatic rings. The summed E-state index contributed by atoms with van der Waals surface area (Å²) in [6, 6.07) is 12.5. The van der Waals surface area contributed by atoms with Crippen molar-refractivity contribution in [3.05, 3.63) is 87.8 Å². The molecular formula is C34H33ClF2N4O4. The second-order valence-electron chi connectivity index (χ2n) is 12.3. The number of halogens is 3. The van der Waals surface area contributed by atoms with Gasteiger partial charge in [-0.2, -0.15) is 0 Å². The first-order chi connectivity index (χ1) is 21.8. The van der Waals surface area contributed by atoms with Crippen LogP contribution in [0.15, 0.2) is 54.7 Å². The number of hydrogen-bond acceptors (Lipinski definition) is 6. The zero-order valence-corrected chi connectivity index (χ0v) is 25.6. The highest BCUT2D eigenvalue weighted by Gasteiger charge is 2.44. The Morgan fingerprint density at radius 2 is 1.98 bits per heavy atom. The Hall–Kier alpha value is -4.02. The average Bonchev–Trinajstić information content (AvgIpc) is 3.75. The van der Waals surface area contributed by atoms with Crippen molar-refractivity contribution in [3.63, 3.8) is 0 Å². The second-order valence-corrected chi connectivity index (χ2v) is 12.8. The summed E-state index contributed by atoms with van der Waals surface area (Å²) in [5.41, 5.74) is 2.87. The number of carboxylic acid groups (broad SMARTS) is 1. The number of hydrogen-bond donors (Lipinski definition) is 1. The molecule has 45 heavy (non-hydrogen) atoms. The third-order valence-electron chi connectivity index (χ3n) is 9.41. The molecule has 1 saturated heterocycles. The van der Waals surface area contributed by atoms with Gasteiger partial charge in [0, 0.05) is 28.7 Å². The van der Waals surface area contributed by atoms with Crippen molar-refractivity contribution in [2.45, 2.75) is 50.8 Å². The van der Waals surface area contributed by atoms with Crippen LogP contribution in [0.2, 0.25) is 5.02 Å². The van der Waals surface area contributed by atoms with E-state index in [1.165, 1.54) is 12.3 Å². The smallest absolute Gasteiger partial charge is 0.337 e. The van der Waals surface area contributed by atoms with E-state index in [4.69, 9.17) is 26.1 Å². The van der Waals surface area contributed by atoms with Gasteiger partial charge in [-0.15, -0.1) is 0 Å². The van der Waals surface area contributed by atoms with Crippen molar-refractivity contribution in [1.29, 1.82) is 0 Å². The number of imidazole rings is 1. The lowest BCUT2D eigenvalue weighted by molar-refractivity contribution is 0.0696. The van der Waals surface area contributed by atoms with Crippen molar-refractivity contribution in [1.82, 2.24) is 19.4 Å². The molecule has 0 spiro atoms. The summed E-state index contributed by atoms with van der Waals surface area (Å²) in [5, 5.41) is 10.0. The molecule has 1 aliphatic carbocycles. The molecule has 0 bridgehead atoms. The van der Waals surface area contributed by atoms with E-state index in [1.807, 2.05) is 16.7 Å². The number of piperidine rings is 1. The van der Waals surface area contributed by atoms with E-state index >= 15 is 4.39 Å². The first-order valence-electron chi connectivity index (χ1n) is 15.1. The van der Waals surface area contributed by atoms with Gasteiger partial charge in [0.25, 0.3) is 0 Å². The monoisotopic (exact) mass is 634 g/mol. The number of methoxy groups -OCH3 is 1. The molecule has 11 heteroatoms. The number of fused-ring (bicyclic) bond motifs is 2. The van der Waals surface area contributed by atoms with Crippen LogP contribution in [0.1, 0.15) is 70.6 Å². The molecule has 4 aromatic rings. The Bertz CT molecular complexity index is 1810. The number of likely N-dealkylation sites (tertiary alicyclic amines) is 1. The van der Waals surface area contributed by atoms with Crippen molar-refractivity contribution >= 4 is 34.6 Å². The second kappa shape index (κ2) is 11.7. The highest BCUT2D eigenvalue weighted by atomic mass is 35.5. The highest BCUT2D eigenvalue weighted by Crippen LogP contribution is 2.49. The van der Waals surface area contributed by atoms with Crippen LogP contribution in [0.25, 0.3) is 17.0 Å². The van der Waals surface area contributed by atoms with E-state index in [9.17, 15) is 14.3 Å². The molecule has 7 rings (SSSR count). The number of alkyl halides is 1. The number of para-hydroxylation sites is 1. The van der Waals surface area contributed by atoms with E-state index in [1.54, 1.807) is 37.4 Å². The number of rotatable bonds is 9. The number of nitrogens with zero attached hydrogens (tertiary/aromatic N) is 4. The van der Waals surface area contributed by atoms with Gasteiger partial charge in [0.2, 0.25) is 0 Å². The number of aromatic nitrogens is 3. The molecule has 2 fully saturated rings. The lowest BCUT2D eigenvalue weighted by Gasteiger charge is -2.34. The van der Waals surface area contributed by atoms with Crippen LogP contribution in [0.5, 0.6) is 11.5 Å². The third kappa shape index (κ3) is 5.66. The minimum Gasteiger partial charge on any atom is -0.496 e. The summed E-state index contributed by atoms with van der Waals surface area (Å²) in [5.74, 6) is 0.609. The number of aromatic carboxylic acids is 1. The van der Waals surface area contributed by atoms with Crippen molar-refractivity contribution < 1.29 is 28.2 Å². The van der Waals surface area contributed by atoms with E-state index in [-0.39, 0.29) is 17.3 Å². The Morgan fingerprint density at radius 3 is 2.69 bits per heavy atom. The molecule has 0 unspecified atom stereocenters. The molecule has 234 valence electrons. The van der Waals surface area contributed by atoms with Crippen LogP contribution >= 0.6 is 11.6 Å². The predicted octanol–water partition coefficient (Wildman–Crippen LogP) is 7.36. The molecular weight excluding hydrogens is 602 g/mol. The fourth-order valence-corrected chi connectivity index (χ4v) is 6.73. The zero-order valence-electron chi connectivity index (χ0n) is 24.8. The van der Waals surface area contributed by atoms with Gasteiger partial charge >= 0.3 is 5.97 Å². The number of carboxylic acids is 1. The van der Waals surface area contributed by atoms with Gasteiger partial charge < -0.3 is 19.1 Å². The summed E-state index contributed by atoms with van der Waals surface area (Å²) in [4.78, 5) is 23.0. The van der Waals surface area contributed by atoms with Gasteiger partial charge in [-0.25, -0.2) is 19.2 Å². The molecule has 0 amide bonds. The van der Waals surface area contributed by atoms with Gasteiger partial charge in [0.1, 0.15) is 29.3 Å². The van der Waals surface area contributed by atoms with Crippen LogP contribution in [0, 0.1) is 5.41 Å². The average molecular weight is 635 g/mol. The number of pyridine rings is 1. The summed E-state index contributed by atoms with van der Waals surface area (Å²) in [6.45, 7) is 2.10. The molecule has 0 radical (unpaired) electrons. The largest absolute Gasteiger partial charge is 0.496 e. The van der Waals surface area contributed by atoms with E-state index in [0.29, 0.717) is 51.9 Å². The summed E-state index contributed by atoms with van der Waals surface area (Å²) >= 11 is 6.16. The molecule has 1 saturated carbocycles. The SMILES string of the molecule is COc1cc(Cl)ccc1[C@H]1C=C(F)c2cccc(C3CCN(Cc4nc5ncc(C(=O)O)cc5n4CC4(CF)CC4)CC3)c2O1. The summed E-state index contributed by atoms with van der Waals surface area (Å²) in [6.07, 6.45) is 5.37. The van der Waals surface area contributed by atoms with Crippen LogP contribution < -0.4 is 9.47 Å². The van der Waals surface area contributed by atoms with Crippen LogP contribution in [0.3, 0.4) is 0 Å². The lowest BCUT2D eigenvalue weighted by Crippen LogP contribution is -2.34. The third-order valence-corrected chi connectivity index (χ3v) is 9.64. The summed E-state index contributed by atoms with van der Waals surface area (Å²) < 4.78 is 43.4. The Morgan fingerprint density at radius 1 is 1.18 bits per heavy atom. The molecule has 8 nitrogen and oxygen atoms in total. The van der Waals surface area contributed by atoms with Crippen molar-refractivity contribution in [2.75, 3.05) is 26.9 Å². The number of ether oxygens (including phenoxy) is 2. The van der Waals surface area contributed by atoms with Gasteiger partial charge in [-0.05, 0) is 86.7 Å². The molecule has 1 N–H and O–H groups in total. The van der Waals surface area contributed by atoms with Gasteiger partial charge in [0.05, 0.1) is 37.0 Å². The van der Waals surface area contributed by atoms with Crippen molar-refractivity contribution in [2.24, 2.45) is 5.41 Å². The van der Waals surface area contributed by atoms with E-state index in [2.05, 4.69) is 9.88 Å². The fraction of sp³-hybridized carbons (Fsp3) is 0.382. The molecule has 2 aromatic heterocycles. The predicted molar refractivity (Wildman–Crippen MR) is 166 cm³/mol. The van der Waals surface area contributed by atoms with Gasteiger partial charge in [-0.3, -0.25) is 9.29 Å². The maximum absolute atomic E-state index is 15.5. The lowest BCUT2D eigenvalue weighted by atomic mass is 9.86. The van der Waals surface area contributed by atoms with Crippen molar-refractivity contribution in [3.8, 4) is 11.5 Å². The van der Waals surface area contributed by atoms with Crippen LogP contribution in [0.4, 0.5) is 8.78 Å². The minimum atomic E-state index is -1.06. The number of benzene rings is 2. The Balaban J connectivity index is 1.11. The topological polar surface area (TPSA) is 89.7 Å². The van der Waals surface area contributed by atoms with Crippen LogP contribution in [-0.2, 0) is 13.1 Å². The van der Waals surface area contributed by atoms with E-state index < -0.39 is 24.2 Å². The molecule has 4 heterocycles. The van der Waals surface area contributed by atoms with Gasteiger partial charge in [-0.1, -0.05) is 23.7 Å². The standard InChI is InChI=1S/C34H33ClF2N4O4/c1-44-28-14-22(35)5-6-25(28)29-15-26(37)24-4-2-3-23(31(24)45-29)20-7-11-40(12-8-20)17-30-39-32-27(13-21(16-38-32)33(42)43)41(30)19-34(18-36)9-10-34/h2-6,13-16,20,29H,7-12,17-19H2,1H3,(H,42,43)/t29-/m1/s1. The first-order valence-corrected chi connectivity index (χ1v) is 15.5. The van der Waals surface area contributed by atoms with Gasteiger partial charge in [0.15, 0.2) is 5.65 Å². The summed E-state index contributed by atoms with van der Waals surface area (Å²) in [7, 11) is 1.55. The molecule has 2 aliphatic heterocycles. The quantitative estimate of drug-likeness (QED) is 0.206. The number of carbonyl (C=O) groups is 1. The minimum absolute atomic E-state index is 0.0811. The maximum atomic E-state index is 15.5.